The lowest BCUT2D eigenvalue weighted by Crippen LogP contribution is -2.38. The molecule has 0 aliphatic heterocycles. The van der Waals surface area contributed by atoms with Gasteiger partial charge in [-0.05, 0) is 13.8 Å². The maximum Gasteiger partial charge on any atom is 0.509 e. The number of methoxy groups -OCH3 is 2. The molecule has 0 aromatic heterocycles. The van der Waals surface area contributed by atoms with Crippen LogP contribution in [0.5, 0.6) is 0 Å². The molecular formula is C7H12O5. The van der Waals surface area contributed by atoms with E-state index in [1.165, 1.54) is 21.0 Å². The quantitative estimate of drug-likeness (QED) is 0.580. The third-order valence-corrected chi connectivity index (χ3v) is 1.18. The summed E-state index contributed by atoms with van der Waals surface area (Å²) in [5.74, 6) is -0.632. The van der Waals surface area contributed by atoms with Crippen molar-refractivity contribution in [3.63, 3.8) is 0 Å². The number of carbonyl (C=O) groups is 2. The highest BCUT2D eigenvalue weighted by molar-refractivity contribution is 5.80. The van der Waals surface area contributed by atoms with Crippen LogP contribution in [0.4, 0.5) is 4.79 Å². The number of rotatable bonds is 2. The Morgan fingerprint density at radius 2 is 1.58 bits per heavy atom. The van der Waals surface area contributed by atoms with E-state index in [-0.39, 0.29) is 0 Å². The SMILES string of the molecule is COC(=O)OC(C)(C)C(=O)OC. The molecule has 0 aliphatic carbocycles. The summed E-state index contributed by atoms with van der Waals surface area (Å²) in [4.78, 5) is 21.5. The third-order valence-electron chi connectivity index (χ3n) is 1.18. The lowest BCUT2D eigenvalue weighted by atomic mass is 10.1. The first kappa shape index (κ1) is 10.7. The van der Waals surface area contributed by atoms with Gasteiger partial charge < -0.3 is 14.2 Å². The van der Waals surface area contributed by atoms with E-state index in [9.17, 15) is 9.59 Å². The minimum Gasteiger partial charge on any atom is -0.466 e. The van der Waals surface area contributed by atoms with Gasteiger partial charge in [0.1, 0.15) is 0 Å². The van der Waals surface area contributed by atoms with Crippen LogP contribution in [0, 0.1) is 0 Å². The second-order valence-electron chi connectivity index (χ2n) is 2.56. The van der Waals surface area contributed by atoms with Crippen LogP contribution in [0.15, 0.2) is 0 Å². The Morgan fingerprint density at radius 3 is 1.92 bits per heavy atom. The maximum absolute atomic E-state index is 10.9. The van der Waals surface area contributed by atoms with E-state index in [0.717, 1.165) is 7.11 Å². The first-order valence-corrected chi connectivity index (χ1v) is 3.29. The first-order valence-electron chi connectivity index (χ1n) is 3.29. The molecule has 12 heavy (non-hydrogen) atoms. The molecule has 0 aromatic rings. The number of hydrogen-bond acceptors (Lipinski definition) is 5. The number of ether oxygens (including phenoxy) is 3. The van der Waals surface area contributed by atoms with Crippen molar-refractivity contribution in [2.75, 3.05) is 14.2 Å². The van der Waals surface area contributed by atoms with Crippen LogP contribution in [0.25, 0.3) is 0 Å². The molecule has 0 unspecified atom stereocenters. The van der Waals surface area contributed by atoms with Crippen molar-refractivity contribution in [2.45, 2.75) is 19.4 Å². The van der Waals surface area contributed by atoms with Gasteiger partial charge in [0, 0.05) is 0 Å². The van der Waals surface area contributed by atoms with E-state index >= 15 is 0 Å². The van der Waals surface area contributed by atoms with E-state index < -0.39 is 17.7 Å². The zero-order valence-corrected chi connectivity index (χ0v) is 7.54. The summed E-state index contributed by atoms with van der Waals surface area (Å²) in [6.07, 6.45) is -0.912. The lowest BCUT2D eigenvalue weighted by Gasteiger charge is -2.20. The van der Waals surface area contributed by atoms with Crippen molar-refractivity contribution in [2.24, 2.45) is 0 Å². The number of carbonyl (C=O) groups excluding carboxylic acids is 2. The zero-order valence-electron chi connectivity index (χ0n) is 7.54. The molecule has 0 spiro atoms. The van der Waals surface area contributed by atoms with E-state index in [0.29, 0.717) is 0 Å². The second kappa shape index (κ2) is 3.94. The standard InChI is InChI=1S/C7H12O5/c1-7(2,5(8)10-3)12-6(9)11-4/h1-4H3. The summed E-state index contributed by atoms with van der Waals surface area (Å²) in [7, 11) is 2.38. The second-order valence-corrected chi connectivity index (χ2v) is 2.56. The summed E-state index contributed by atoms with van der Waals surface area (Å²) in [5.41, 5.74) is -1.30. The fraction of sp³-hybridized carbons (Fsp3) is 0.714. The molecule has 0 fully saturated rings. The van der Waals surface area contributed by atoms with Crippen molar-refractivity contribution in [3.05, 3.63) is 0 Å². The molecule has 0 radical (unpaired) electrons. The maximum atomic E-state index is 10.9. The molecule has 0 amide bonds. The molecule has 5 nitrogen and oxygen atoms in total. The van der Waals surface area contributed by atoms with Crippen molar-refractivity contribution < 1.29 is 23.8 Å². The van der Waals surface area contributed by atoms with Gasteiger partial charge in [-0.2, -0.15) is 0 Å². The van der Waals surface area contributed by atoms with Gasteiger partial charge in [0.25, 0.3) is 0 Å². The van der Waals surface area contributed by atoms with Crippen molar-refractivity contribution in [1.29, 1.82) is 0 Å². The van der Waals surface area contributed by atoms with Crippen LogP contribution < -0.4 is 0 Å². The van der Waals surface area contributed by atoms with Crippen molar-refractivity contribution in [1.82, 2.24) is 0 Å². The van der Waals surface area contributed by atoms with Gasteiger partial charge in [0.15, 0.2) is 0 Å². The Morgan fingerprint density at radius 1 is 1.08 bits per heavy atom. The summed E-state index contributed by atoms with van der Waals surface area (Å²) < 4.78 is 13.2. The molecule has 0 N–H and O–H groups in total. The predicted molar refractivity (Wildman–Crippen MR) is 39.6 cm³/mol. The van der Waals surface area contributed by atoms with Gasteiger partial charge >= 0.3 is 12.1 Å². The van der Waals surface area contributed by atoms with E-state index in [1.54, 1.807) is 0 Å². The fourth-order valence-electron chi connectivity index (χ4n) is 0.537. The van der Waals surface area contributed by atoms with Crippen LogP contribution in [0.2, 0.25) is 0 Å². The molecule has 0 rings (SSSR count). The van der Waals surface area contributed by atoms with Crippen molar-refractivity contribution in [3.8, 4) is 0 Å². The van der Waals surface area contributed by atoms with Gasteiger partial charge in [-0.25, -0.2) is 9.59 Å². The summed E-state index contributed by atoms with van der Waals surface area (Å²) in [5, 5.41) is 0. The first-order chi connectivity index (χ1) is 5.44. The van der Waals surface area contributed by atoms with Gasteiger partial charge in [-0.3, -0.25) is 0 Å². The molecule has 0 heterocycles. The Kier molecular flexibility index (Phi) is 3.53. The zero-order chi connectivity index (χ0) is 9.78. The third kappa shape index (κ3) is 2.77. The van der Waals surface area contributed by atoms with Crippen molar-refractivity contribution >= 4 is 12.1 Å². The average Bonchev–Trinajstić information content (AvgIpc) is 2.02. The van der Waals surface area contributed by atoms with Gasteiger partial charge in [-0.15, -0.1) is 0 Å². The summed E-state index contributed by atoms with van der Waals surface area (Å²) in [6, 6.07) is 0. The normalized spacial score (nSPS) is 10.3. The van der Waals surface area contributed by atoms with E-state index in [1.807, 2.05) is 0 Å². The summed E-state index contributed by atoms with van der Waals surface area (Å²) >= 11 is 0. The highest BCUT2D eigenvalue weighted by atomic mass is 16.7. The van der Waals surface area contributed by atoms with Gasteiger partial charge in [-0.1, -0.05) is 0 Å². The molecule has 0 saturated heterocycles. The molecule has 0 aromatic carbocycles. The smallest absolute Gasteiger partial charge is 0.466 e. The van der Waals surface area contributed by atoms with Gasteiger partial charge in [0.2, 0.25) is 5.60 Å². The molecule has 70 valence electrons. The molecule has 0 atom stereocenters. The predicted octanol–water partition coefficient (Wildman–Crippen LogP) is 0.721. The minimum absolute atomic E-state index is 0.632. The Balaban J connectivity index is 4.21. The highest BCUT2D eigenvalue weighted by Gasteiger charge is 2.33. The van der Waals surface area contributed by atoms with Crippen LogP contribution in [0.1, 0.15) is 13.8 Å². The lowest BCUT2D eigenvalue weighted by molar-refractivity contribution is -0.160. The van der Waals surface area contributed by atoms with Crippen LogP contribution in [-0.4, -0.2) is 31.9 Å². The molecule has 0 bridgehead atoms. The Labute approximate surface area is 70.6 Å². The summed E-state index contributed by atoms with van der Waals surface area (Å²) in [6.45, 7) is 2.82. The van der Waals surface area contributed by atoms with Crippen LogP contribution >= 0.6 is 0 Å². The molecule has 5 heteroatoms. The molecule has 0 aliphatic rings. The molecule has 0 saturated carbocycles. The van der Waals surface area contributed by atoms with Gasteiger partial charge in [0.05, 0.1) is 14.2 Å². The number of esters is 1. The largest absolute Gasteiger partial charge is 0.509 e. The minimum atomic E-state index is -1.30. The van der Waals surface area contributed by atoms with E-state index in [4.69, 9.17) is 0 Å². The fourth-order valence-corrected chi connectivity index (χ4v) is 0.537. The van der Waals surface area contributed by atoms with Crippen LogP contribution in [0.3, 0.4) is 0 Å². The van der Waals surface area contributed by atoms with E-state index in [2.05, 4.69) is 14.2 Å². The number of hydrogen-bond donors (Lipinski definition) is 0. The monoisotopic (exact) mass is 176 g/mol. The Bertz CT molecular complexity index is 184. The molecular weight excluding hydrogens is 164 g/mol. The topological polar surface area (TPSA) is 61.8 Å². The average molecular weight is 176 g/mol. The van der Waals surface area contributed by atoms with Crippen LogP contribution in [-0.2, 0) is 19.0 Å². The Hall–Kier alpha value is -1.26. The highest BCUT2D eigenvalue weighted by Crippen LogP contribution is 2.11.